The second-order valence-corrected chi connectivity index (χ2v) is 17.1. The van der Waals surface area contributed by atoms with Gasteiger partial charge in [0.25, 0.3) is 0 Å². The van der Waals surface area contributed by atoms with Crippen LogP contribution >= 0.6 is 0 Å². The summed E-state index contributed by atoms with van der Waals surface area (Å²) in [6.07, 6.45) is 58.1. The summed E-state index contributed by atoms with van der Waals surface area (Å²) in [5.74, 6) is -0.893. The highest BCUT2D eigenvalue weighted by Crippen LogP contribution is 2.16. The largest absolute Gasteiger partial charge is 0.462 e. The molecule has 0 aliphatic heterocycles. The zero-order chi connectivity index (χ0) is 43.7. The van der Waals surface area contributed by atoms with E-state index in [-0.39, 0.29) is 31.1 Å². The fraction of sp³-hybridized carbons (Fsp3) is 0.796. The van der Waals surface area contributed by atoms with Crippen LogP contribution in [0.25, 0.3) is 0 Å². The molecule has 0 fully saturated rings. The molecule has 60 heavy (non-hydrogen) atoms. The van der Waals surface area contributed by atoms with Gasteiger partial charge in [0.05, 0.1) is 0 Å². The van der Waals surface area contributed by atoms with Crippen LogP contribution in [0, 0.1) is 0 Å². The molecule has 1 atom stereocenters. The normalized spacial score (nSPS) is 12.4. The molecule has 0 aromatic heterocycles. The van der Waals surface area contributed by atoms with Gasteiger partial charge in [0, 0.05) is 19.3 Å². The minimum Gasteiger partial charge on any atom is -0.462 e. The van der Waals surface area contributed by atoms with Crippen LogP contribution in [0.15, 0.2) is 48.6 Å². The van der Waals surface area contributed by atoms with Gasteiger partial charge in [-0.15, -0.1) is 0 Å². The van der Waals surface area contributed by atoms with E-state index < -0.39 is 6.10 Å². The molecule has 0 bridgehead atoms. The van der Waals surface area contributed by atoms with E-state index in [4.69, 9.17) is 14.2 Å². The van der Waals surface area contributed by atoms with Crippen molar-refractivity contribution in [1.29, 1.82) is 0 Å². The molecule has 6 heteroatoms. The first-order valence-corrected chi connectivity index (χ1v) is 25.7. The van der Waals surface area contributed by atoms with Gasteiger partial charge in [-0.1, -0.05) is 230 Å². The van der Waals surface area contributed by atoms with Crippen LogP contribution < -0.4 is 0 Å². The topological polar surface area (TPSA) is 78.9 Å². The lowest BCUT2D eigenvalue weighted by Gasteiger charge is -2.18. The highest BCUT2D eigenvalue weighted by atomic mass is 16.6. The number of hydrogen-bond donors (Lipinski definition) is 0. The van der Waals surface area contributed by atoms with Crippen molar-refractivity contribution in [3.63, 3.8) is 0 Å². The van der Waals surface area contributed by atoms with Gasteiger partial charge in [0.1, 0.15) is 13.2 Å². The maximum absolute atomic E-state index is 12.8. The fourth-order valence-corrected chi connectivity index (χ4v) is 7.25. The van der Waals surface area contributed by atoms with E-state index in [1.54, 1.807) is 0 Å². The quantitative estimate of drug-likeness (QED) is 0.0200. The van der Waals surface area contributed by atoms with Crippen molar-refractivity contribution in [3.8, 4) is 0 Å². The summed E-state index contributed by atoms with van der Waals surface area (Å²) in [4.78, 5) is 37.9. The van der Waals surface area contributed by atoms with Crippen LogP contribution in [0.1, 0.15) is 258 Å². The molecule has 6 nitrogen and oxygen atoms in total. The molecule has 0 aromatic rings. The Balaban J connectivity index is 4.36. The molecule has 0 N–H and O–H groups in total. The fourth-order valence-electron chi connectivity index (χ4n) is 7.25. The number of hydrogen-bond acceptors (Lipinski definition) is 6. The van der Waals surface area contributed by atoms with Crippen LogP contribution in [0.3, 0.4) is 0 Å². The summed E-state index contributed by atoms with van der Waals surface area (Å²) in [7, 11) is 0. The highest BCUT2D eigenvalue weighted by molar-refractivity contribution is 5.71. The highest BCUT2D eigenvalue weighted by Gasteiger charge is 2.19. The van der Waals surface area contributed by atoms with Gasteiger partial charge in [-0.3, -0.25) is 14.4 Å². The maximum Gasteiger partial charge on any atom is 0.306 e. The van der Waals surface area contributed by atoms with E-state index in [9.17, 15) is 14.4 Å². The third-order valence-electron chi connectivity index (χ3n) is 11.1. The van der Waals surface area contributed by atoms with Crippen LogP contribution in [0.4, 0.5) is 0 Å². The van der Waals surface area contributed by atoms with Crippen molar-refractivity contribution in [1.82, 2.24) is 0 Å². The lowest BCUT2D eigenvalue weighted by atomic mass is 10.0. The number of rotatable bonds is 46. The Hall–Kier alpha value is -2.63. The Morgan fingerprint density at radius 3 is 1.10 bits per heavy atom. The molecule has 0 saturated heterocycles. The maximum atomic E-state index is 12.8. The SMILES string of the molecule is CC\C=C/C=C\C=C/CCCCCCCCCC(=O)OC(COC(=O)CCCCCCC/C=C\CCCC)COC(=O)CCCCCCCCCCCCCCCCCC. The molecule has 0 saturated carbocycles. The summed E-state index contributed by atoms with van der Waals surface area (Å²) < 4.78 is 16.8. The van der Waals surface area contributed by atoms with E-state index in [1.165, 1.54) is 141 Å². The smallest absolute Gasteiger partial charge is 0.306 e. The first-order chi connectivity index (χ1) is 29.5. The predicted molar refractivity (Wildman–Crippen MR) is 256 cm³/mol. The second-order valence-electron chi connectivity index (χ2n) is 17.1. The number of carbonyl (C=O) groups excluding carboxylic acids is 3. The summed E-state index contributed by atoms with van der Waals surface area (Å²) in [5, 5.41) is 0. The van der Waals surface area contributed by atoms with Gasteiger partial charge in [-0.2, -0.15) is 0 Å². The molecular formula is C54H96O6. The van der Waals surface area contributed by atoms with Crippen LogP contribution in [0.2, 0.25) is 0 Å². The van der Waals surface area contributed by atoms with E-state index in [0.717, 1.165) is 77.0 Å². The molecule has 0 heterocycles. The Kier molecular flexibility index (Phi) is 46.9. The third kappa shape index (κ3) is 46.4. The summed E-state index contributed by atoms with van der Waals surface area (Å²) in [6.45, 7) is 6.47. The minimum absolute atomic E-state index is 0.0784. The standard InChI is InChI=1S/C54H96O6/c1-4-7-10-13-16-19-22-24-26-28-29-32-35-38-41-44-47-53(56)59-50-51(49-58-52(55)46-43-40-37-34-31-21-18-15-12-9-6-3)60-54(57)48-45-42-39-36-33-30-27-25-23-20-17-14-11-8-5-2/h8,11,14-15,17-18,20,23,51H,4-7,9-10,12-13,16,19,21-22,24-50H2,1-3H3/b11-8-,17-14-,18-15-,23-20-. The molecule has 0 aliphatic carbocycles. The number of allylic oxidation sites excluding steroid dienone is 8. The third-order valence-corrected chi connectivity index (χ3v) is 11.1. The molecule has 0 amide bonds. The van der Waals surface area contributed by atoms with Crippen molar-refractivity contribution >= 4 is 17.9 Å². The van der Waals surface area contributed by atoms with E-state index in [1.807, 2.05) is 0 Å². The zero-order valence-corrected chi connectivity index (χ0v) is 39.7. The Bertz CT molecular complexity index is 1060. The molecule has 0 aromatic carbocycles. The zero-order valence-electron chi connectivity index (χ0n) is 39.7. The van der Waals surface area contributed by atoms with Crippen molar-refractivity contribution in [2.75, 3.05) is 13.2 Å². The molecule has 0 spiro atoms. The summed E-state index contributed by atoms with van der Waals surface area (Å²) in [5.41, 5.74) is 0. The lowest BCUT2D eigenvalue weighted by molar-refractivity contribution is -0.167. The predicted octanol–water partition coefficient (Wildman–Crippen LogP) is 16.7. The molecule has 1 unspecified atom stereocenters. The first kappa shape index (κ1) is 57.4. The lowest BCUT2D eigenvalue weighted by Crippen LogP contribution is -2.30. The van der Waals surface area contributed by atoms with E-state index in [2.05, 4.69) is 69.4 Å². The Morgan fingerprint density at radius 2 is 0.683 bits per heavy atom. The van der Waals surface area contributed by atoms with Crippen LogP contribution in [0.5, 0.6) is 0 Å². The monoisotopic (exact) mass is 841 g/mol. The number of ether oxygens (including phenoxy) is 3. The first-order valence-electron chi connectivity index (χ1n) is 25.7. The van der Waals surface area contributed by atoms with E-state index >= 15 is 0 Å². The average Bonchev–Trinajstić information content (AvgIpc) is 3.24. The van der Waals surface area contributed by atoms with Crippen molar-refractivity contribution in [2.45, 2.75) is 264 Å². The number of carbonyl (C=O) groups is 3. The van der Waals surface area contributed by atoms with Gasteiger partial charge in [-0.25, -0.2) is 0 Å². The molecular weight excluding hydrogens is 745 g/mol. The van der Waals surface area contributed by atoms with E-state index in [0.29, 0.717) is 19.3 Å². The number of unbranched alkanes of at least 4 members (excludes halogenated alkanes) is 29. The van der Waals surface area contributed by atoms with Gasteiger partial charge in [-0.05, 0) is 57.8 Å². The summed E-state index contributed by atoms with van der Waals surface area (Å²) in [6, 6.07) is 0. The molecule has 0 rings (SSSR count). The Labute approximate surface area is 371 Å². The van der Waals surface area contributed by atoms with Crippen molar-refractivity contribution < 1.29 is 28.6 Å². The molecule has 348 valence electrons. The van der Waals surface area contributed by atoms with Crippen molar-refractivity contribution in [3.05, 3.63) is 48.6 Å². The number of esters is 3. The van der Waals surface area contributed by atoms with Gasteiger partial charge < -0.3 is 14.2 Å². The summed E-state index contributed by atoms with van der Waals surface area (Å²) >= 11 is 0. The van der Waals surface area contributed by atoms with Crippen LogP contribution in [-0.2, 0) is 28.6 Å². The molecule has 0 radical (unpaired) electrons. The van der Waals surface area contributed by atoms with Gasteiger partial charge >= 0.3 is 17.9 Å². The van der Waals surface area contributed by atoms with Gasteiger partial charge in [0.2, 0.25) is 0 Å². The average molecular weight is 841 g/mol. The van der Waals surface area contributed by atoms with Crippen molar-refractivity contribution in [2.24, 2.45) is 0 Å². The minimum atomic E-state index is -0.779. The Morgan fingerprint density at radius 1 is 0.350 bits per heavy atom. The molecule has 0 aliphatic rings. The second kappa shape index (κ2) is 49.0. The van der Waals surface area contributed by atoms with Crippen LogP contribution in [-0.4, -0.2) is 37.2 Å². The van der Waals surface area contributed by atoms with Gasteiger partial charge in [0.15, 0.2) is 6.10 Å².